The number of halogens is 1. The van der Waals surface area contributed by atoms with Gasteiger partial charge >= 0.3 is 6.09 Å². The SMILES string of the molecule is C[C@H](Oc1cc(O[C@H]2CCN(C(=O)OC(C)(C)C)[C@H](CC#N)C2)nc(C(N)=NO)n1)[C@@H]1C[C@@H](F)CN1C. The largest absolute Gasteiger partial charge is 0.474 e. The summed E-state index contributed by atoms with van der Waals surface area (Å²) in [4.78, 5) is 24.6. The Morgan fingerprint density at radius 2 is 2.08 bits per heavy atom. The number of aromatic nitrogens is 2. The molecule has 3 heterocycles. The third-order valence-electron chi connectivity index (χ3n) is 6.32. The molecule has 0 aromatic carbocycles. The molecule has 0 aliphatic carbocycles. The van der Waals surface area contributed by atoms with E-state index in [-0.39, 0.29) is 42.0 Å². The fraction of sp³-hybridized carbons (Fsp3) is 0.708. The van der Waals surface area contributed by atoms with Gasteiger partial charge in [-0.3, -0.25) is 4.90 Å². The van der Waals surface area contributed by atoms with Crippen molar-refractivity contribution in [3.05, 3.63) is 11.9 Å². The number of amidine groups is 1. The van der Waals surface area contributed by atoms with Crippen molar-refractivity contribution in [2.45, 2.75) is 89.4 Å². The predicted molar refractivity (Wildman–Crippen MR) is 131 cm³/mol. The molecule has 2 fully saturated rings. The van der Waals surface area contributed by atoms with Crippen LogP contribution < -0.4 is 15.2 Å². The van der Waals surface area contributed by atoms with Gasteiger partial charge in [-0.05, 0) is 41.2 Å². The Bertz CT molecular complexity index is 1030. The van der Waals surface area contributed by atoms with Crippen LogP contribution in [0.4, 0.5) is 9.18 Å². The minimum Gasteiger partial charge on any atom is -0.474 e. The highest BCUT2D eigenvalue weighted by molar-refractivity contribution is 5.93. The monoisotopic (exact) mass is 521 g/mol. The van der Waals surface area contributed by atoms with E-state index in [1.54, 1.807) is 25.7 Å². The van der Waals surface area contributed by atoms with Crippen molar-refractivity contribution in [1.29, 1.82) is 5.26 Å². The molecule has 0 unspecified atom stereocenters. The quantitative estimate of drug-likeness (QED) is 0.236. The van der Waals surface area contributed by atoms with Gasteiger partial charge in [0.1, 0.15) is 24.0 Å². The molecule has 0 spiro atoms. The van der Waals surface area contributed by atoms with E-state index in [9.17, 15) is 14.4 Å². The first-order valence-corrected chi connectivity index (χ1v) is 12.3. The number of piperidine rings is 1. The van der Waals surface area contributed by atoms with Gasteiger partial charge < -0.3 is 30.1 Å². The zero-order valence-corrected chi connectivity index (χ0v) is 21.9. The number of likely N-dealkylation sites (tertiary alicyclic amines) is 2. The highest BCUT2D eigenvalue weighted by Gasteiger charge is 2.36. The number of rotatable bonds is 7. The number of ether oxygens (including phenoxy) is 3. The predicted octanol–water partition coefficient (Wildman–Crippen LogP) is 2.44. The minimum atomic E-state index is -0.925. The first-order valence-electron chi connectivity index (χ1n) is 12.3. The number of likely N-dealkylation sites (N-methyl/N-ethyl adjacent to an activating group) is 1. The number of hydrogen-bond acceptors (Lipinski definition) is 10. The van der Waals surface area contributed by atoms with Crippen molar-refractivity contribution in [1.82, 2.24) is 19.8 Å². The fourth-order valence-corrected chi connectivity index (χ4v) is 4.62. The van der Waals surface area contributed by atoms with Crippen LogP contribution in [0.15, 0.2) is 11.2 Å². The van der Waals surface area contributed by atoms with E-state index >= 15 is 0 Å². The van der Waals surface area contributed by atoms with Gasteiger partial charge in [-0.2, -0.15) is 15.2 Å². The van der Waals surface area contributed by atoms with Gasteiger partial charge in [-0.15, -0.1) is 0 Å². The van der Waals surface area contributed by atoms with E-state index in [4.69, 9.17) is 25.2 Å². The molecule has 1 aromatic rings. The molecule has 0 radical (unpaired) electrons. The molecule has 2 saturated heterocycles. The molecule has 0 bridgehead atoms. The van der Waals surface area contributed by atoms with E-state index in [0.717, 1.165) is 0 Å². The van der Waals surface area contributed by atoms with Crippen molar-refractivity contribution in [2.75, 3.05) is 20.1 Å². The molecule has 1 amide bonds. The molecule has 2 aliphatic rings. The van der Waals surface area contributed by atoms with Crippen LogP contribution in [0, 0.1) is 11.3 Å². The van der Waals surface area contributed by atoms with Gasteiger partial charge in [0.2, 0.25) is 23.4 Å². The normalized spacial score (nSPS) is 25.9. The molecule has 37 heavy (non-hydrogen) atoms. The summed E-state index contributed by atoms with van der Waals surface area (Å²) in [7, 11) is 1.84. The summed E-state index contributed by atoms with van der Waals surface area (Å²) >= 11 is 0. The van der Waals surface area contributed by atoms with E-state index < -0.39 is 30.0 Å². The highest BCUT2D eigenvalue weighted by Crippen LogP contribution is 2.28. The second kappa shape index (κ2) is 11.8. The van der Waals surface area contributed by atoms with E-state index in [1.165, 1.54) is 6.07 Å². The number of nitrogens with two attached hydrogens (primary N) is 1. The Labute approximate surface area is 216 Å². The lowest BCUT2D eigenvalue weighted by atomic mass is 9.97. The molecular formula is C24H36FN7O5. The molecule has 204 valence electrons. The molecule has 12 nitrogen and oxygen atoms in total. The smallest absolute Gasteiger partial charge is 0.410 e. The Kier molecular flexibility index (Phi) is 8.96. The van der Waals surface area contributed by atoms with E-state index in [1.807, 2.05) is 18.9 Å². The van der Waals surface area contributed by atoms with Crippen LogP contribution in [-0.2, 0) is 4.74 Å². The van der Waals surface area contributed by atoms with Crippen LogP contribution in [0.5, 0.6) is 11.8 Å². The van der Waals surface area contributed by atoms with Gasteiger partial charge in [0, 0.05) is 32.0 Å². The Hall–Kier alpha value is -3.40. The maximum Gasteiger partial charge on any atom is 0.410 e. The lowest BCUT2D eigenvalue weighted by Crippen LogP contribution is -2.50. The molecule has 3 N–H and O–H groups in total. The van der Waals surface area contributed by atoms with Crippen molar-refractivity contribution in [3.8, 4) is 17.8 Å². The average molecular weight is 522 g/mol. The lowest BCUT2D eigenvalue weighted by Gasteiger charge is -2.38. The number of alkyl halides is 1. The number of carbonyl (C=O) groups is 1. The molecule has 13 heteroatoms. The molecule has 5 atom stereocenters. The molecule has 2 aliphatic heterocycles. The van der Waals surface area contributed by atoms with Crippen LogP contribution in [0.25, 0.3) is 0 Å². The Balaban J connectivity index is 1.75. The van der Waals surface area contributed by atoms with Crippen molar-refractivity contribution < 1.29 is 28.6 Å². The van der Waals surface area contributed by atoms with Gasteiger partial charge in [-0.25, -0.2) is 9.18 Å². The fourth-order valence-electron chi connectivity index (χ4n) is 4.62. The van der Waals surface area contributed by atoms with E-state index in [2.05, 4.69) is 21.2 Å². The Morgan fingerprint density at radius 3 is 2.68 bits per heavy atom. The number of amides is 1. The van der Waals surface area contributed by atoms with E-state index in [0.29, 0.717) is 32.4 Å². The number of nitriles is 1. The standard InChI is InChI=1S/C24H36FN7O5/c1-14(18-10-15(25)13-31(18)5)35-19-12-20(29-22(28-19)21(27)30-34)36-17-7-9-32(16(11-17)6-8-26)23(33)37-24(2,3)4/h12,14-18,34H,6-7,9-11,13H2,1-5H3,(H2,27,30)/t14-,15+,16+,17-,18-/m0/s1. The van der Waals surface area contributed by atoms with Crippen molar-refractivity contribution >= 4 is 11.9 Å². The summed E-state index contributed by atoms with van der Waals surface area (Å²) in [5.74, 6) is -0.153. The zero-order valence-electron chi connectivity index (χ0n) is 21.9. The zero-order chi connectivity index (χ0) is 27.3. The topological polar surface area (TPSA) is 159 Å². The van der Waals surface area contributed by atoms with Gasteiger partial charge in [0.05, 0.1) is 24.6 Å². The lowest BCUT2D eigenvalue weighted by molar-refractivity contribution is -0.00383. The van der Waals surface area contributed by atoms with Crippen LogP contribution >= 0.6 is 0 Å². The third kappa shape index (κ3) is 7.55. The number of nitrogens with zero attached hydrogens (tertiary/aromatic N) is 6. The first-order chi connectivity index (χ1) is 17.4. The maximum absolute atomic E-state index is 13.9. The number of carbonyl (C=O) groups excluding carboxylic acids is 1. The highest BCUT2D eigenvalue weighted by atomic mass is 19.1. The second-order valence-corrected chi connectivity index (χ2v) is 10.5. The summed E-state index contributed by atoms with van der Waals surface area (Å²) in [6.07, 6.45) is -0.847. The Morgan fingerprint density at radius 1 is 1.38 bits per heavy atom. The van der Waals surface area contributed by atoms with Crippen LogP contribution in [0.2, 0.25) is 0 Å². The van der Waals surface area contributed by atoms with Crippen molar-refractivity contribution in [2.24, 2.45) is 10.9 Å². The summed E-state index contributed by atoms with van der Waals surface area (Å²) in [5, 5.41) is 21.4. The second-order valence-electron chi connectivity index (χ2n) is 10.5. The van der Waals surface area contributed by atoms with Crippen LogP contribution in [0.3, 0.4) is 0 Å². The minimum absolute atomic E-state index is 0.0925. The average Bonchev–Trinajstić information content (AvgIpc) is 3.15. The molecule has 3 rings (SSSR count). The number of oxime groups is 1. The van der Waals surface area contributed by atoms with Gasteiger partial charge in [-0.1, -0.05) is 5.16 Å². The van der Waals surface area contributed by atoms with Crippen LogP contribution in [0.1, 0.15) is 59.2 Å². The third-order valence-corrected chi connectivity index (χ3v) is 6.32. The first kappa shape index (κ1) is 28.2. The van der Waals surface area contributed by atoms with Gasteiger partial charge in [0.25, 0.3) is 0 Å². The summed E-state index contributed by atoms with van der Waals surface area (Å²) in [6.45, 7) is 7.85. The summed E-state index contributed by atoms with van der Waals surface area (Å²) in [6, 6.07) is 3.07. The molecule has 1 aromatic heterocycles. The van der Waals surface area contributed by atoms with Crippen molar-refractivity contribution in [3.63, 3.8) is 0 Å². The molecule has 0 saturated carbocycles. The summed E-state index contributed by atoms with van der Waals surface area (Å²) < 4.78 is 31.4. The number of hydrogen-bond donors (Lipinski definition) is 2. The van der Waals surface area contributed by atoms with Gasteiger partial charge in [0.15, 0.2) is 0 Å². The van der Waals surface area contributed by atoms with Crippen LogP contribution in [-0.4, -0.2) is 93.1 Å². The summed E-state index contributed by atoms with van der Waals surface area (Å²) in [5.41, 5.74) is 5.08. The maximum atomic E-state index is 13.9. The molecular weight excluding hydrogens is 485 g/mol.